The molecule has 10 nitrogen and oxygen atoms in total. The molecule has 1 aromatic heterocycles. The first-order chi connectivity index (χ1) is 17.8. The first-order valence-electron chi connectivity index (χ1n) is 11.8. The minimum Gasteiger partial charge on any atom is -0.453 e. The Morgan fingerprint density at radius 2 is 1.63 bits per heavy atom. The number of hydrogen-bond acceptors (Lipinski definition) is 8. The summed E-state index contributed by atoms with van der Waals surface area (Å²) in [6.45, 7) is 6.17. The molecule has 2 unspecified atom stereocenters. The molecular weight excluding hydrogens is 528 g/mol. The minimum absolute atomic E-state index is 0.0753. The van der Waals surface area contributed by atoms with E-state index in [1.165, 1.54) is 30.6 Å². The second kappa shape index (κ2) is 12.4. The quantitative estimate of drug-likeness (QED) is 0.344. The molecule has 0 aliphatic carbocycles. The molecule has 38 heavy (non-hydrogen) atoms. The molecule has 1 heterocycles. The zero-order chi connectivity index (χ0) is 27.9. The number of thiazole rings is 1. The highest BCUT2D eigenvalue weighted by Crippen LogP contribution is 2.29. The van der Waals surface area contributed by atoms with Crippen molar-refractivity contribution in [3.63, 3.8) is 0 Å². The van der Waals surface area contributed by atoms with Gasteiger partial charge in [0.05, 0.1) is 18.8 Å². The van der Waals surface area contributed by atoms with Gasteiger partial charge in [-0.1, -0.05) is 63.2 Å². The van der Waals surface area contributed by atoms with Crippen molar-refractivity contribution in [2.24, 2.45) is 5.14 Å². The van der Waals surface area contributed by atoms with Gasteiger partial charge in [0.2, 0.25) is 5.91 Å². The molecule has 0 spiro atoms. The highest BCUT2D eigenvalue weighted by Gasteiger charge is 2.28. The van der Waals surface area contributed by atoms with Crippen molar-refractivity contribution in [1.29, 1.82) is 0 Å². The van der Waals surface area contributed by atoms with Crippen LogP contribution in [-0.2, 0) is 38.1 Å². The number of rotatable bonds is 10. The van der Waals surface area contributed by atoms with Gasteiger partial charge in [-0.15, -0.1) is 11.3 Å². The van der Waals surface area contributed by atoms with Gasteiger partial charge < -0.3 is 19.6 Å². The molecule has 2 amide bonds. The number of methoxy groups -OCH3 is 1. The summed E-state index contributed by atoms with van der Waals surface area (Å²) < 4.78 is 31.9. The van der Waals surface area contributed by atoms with Gasteiger partial charge in [0, 0.05) is 17.2 Å². The number of alkyl carbamates (subject to hydrolysis) is 1. The molecule has 0 aliphatic heterocycles. The van der Waals surface area contributed by atoms with Crippen LogP contribution < -0.4 is 20.0 Å². The van der Waals surface area contributed by atoms with Crippen LogP contribution in [0.3, 0.4) is 0 Å². The van der Waals surface area contributed by atoms with Crippen LogP contribution in [0.1, 0.15) is 48.6 Å². The van der Waals surface area contributed by atoms with Gasteiger partial charge in [-0.25, -0.2) is 9.78 Å². The molecule has 4 N–H and O–H groups in total. The van der Waals surface area contributed by atoms with Crippen LogP contribution in [0.25, 0.3) is 0 Å². The Morgan fingerprint density at radius 3 is 2.18 bits per heavy atom. The fraction of sp³-hybridized carbons (Fsp3) is 0.346. The Kier molecular flexibility index (Phi) is 9.47. The fourth-order valence-corrected chi connectivity index (χ4v) is 5.05. The lowest BCUT2D eigenvalue weighted by molar-refractivity contribution is -0.123. The summed E-state index contributed by atoms with van der Waals surface area (Å²) in [5, 5.41) is 13.3. The van der Waals surface area contributed by atoms with Crippen molar-refractivity contribution in [3.8, 4) is 5.75 Å². The smallest absolute Gasteiger partial charge is 0.407 e. The number of ether oxygens (including phenoxy) is 1. The molecule has 0 radical (unpaired) electrons. The van der Waals surface area contributed by atoms with Gasteiger partial charge in [0.15, 0.2) is 0 Å². The molecule has 0 bridgehead atoms. The van der Waals surface area contributed by atoms with E-state index in [2.05, 4.69) is 31.4 Å². The molecule has 204 valence electrons. The third kappa shape index (κ3) is 8.82. The Labute approximate surface area is 226 Å². The second-order valence-electron chi connectivity index (χ2n) is 9.68. The zero-order valence-electron chi connectivity index (χ0n) is 21.6. The number of nitrogens with two attached hydrogens (primary N) is 1. The number of nitrogens with zero attached hydrogens (tertiary/aromatic N) is 1. The van der Waals surface area contributed by atoms with E-state index < -0.39 is 34.4 Å². The molecule has 0 saturated heterocycles. The Hall–Kier alpha value is -3.48. The van der Waals surface area contributed by atoms with E-state index in [9.17, 15) is 18.0 Å². The Bertz CT molecular complexity index is 1340. The van der Waals surface area contributed by atoms with Crippen molar-refractivity contribution in [3.05, 3.63) is 81.8 Å². The number of carbonyl (C=O) groups excluding carboxylic acids is 2. The van der Waals surface area contributed by atoms with E-state index in [4.69, 9.17) is 19.0 Å². The normalized spacial score (nSPS) is 13.3. The van der Waals surface area contributed by atoms with Gasteiger partial charge in [-0.3, -0.25) is 4.79 Å². The Morgan fingerprint density at radius 1 is 1.00 bits per heavy atom. The largest absolute Gasteiger partial charge is 0.453 e. The zero-order valence-corrected chi connectivity index (χ0v) is 23.3. The summed E-state index contributed by atoms with van der Waals surface area (Å²) in [7, 11) is -2.90. The number of hydrogen-bond donors (Lipinski definition) is 3. The van der Waals surface area contributed by atoms with E-state index in [-0.39, 0.29) is 17.6 Å². The van der Waals surface area contributed by atoms with E-state index >= 15 is 0 Å². The number of amides is 2. The van der Waals surface area contributed by atoms with Gasteiger partial charge >= 0.3 is 16.4 Å². The van der Waals surface area contributed by atoms with Crippen LogP contribution in [0.4, 0.5) is 4.79 Å². The summed E-state index contributed by atoms with van der Waals surface area (Å²) in [6.07, 6.45) is -0.0964. The van der Waals surface area contributed by atoms with Crippen LogP contribution in [0, 0.1) is 0 Å². The lowest BCUT2D eigenvalue weighted by Crippen LogP contribution is -2.49. The van der Waals surface area contributed by atoms with Crippen molar-refractivity contribution in [1.82, 2.24) is 15.6 Å². The molecular formula is C26H32N4O6S2. The lowest BCUT2D eigenvalue weighted by atomic mass is 9.93. The SMILES string of the molecule is COC(=O)NC(Cc1ccccc1)C(=O)NC(Cc1ccc(OS(N)(=O)=O)cc1)c1nc(C(C)(C)C)cs1. The van der Waals surface area contributed by atoms with Gasteiger partial charge in [0.1, 0.15) is 16.8 Å². The first-order valence-corrected chi connectivity index (χ1v) is 14.1. The van der Waals surface area contributed by atoms with Gasteiger partial charge in [-0.05, 0) is 29.7 Å². The standard InChI is InChI=1S/C26H32N4O6S2/c1-26(2,3)22-16-37-24(30-22)21(15-18-10-12-19(13-11-18)36-38(27,33)34)28-23(31)20(29-25(32)35-4)14-17-8-6-5-7-9-17/h5-13,16,20-21H,14-15H2,1-4H3,(H,28,31)(H,29,32)(H2,27,33,34). The topological polar surface area (TPSA) is 150 Å². The summed E-state index contributed by atoms with van der Waals surface area (Å²) in [5.74, 6) is -0.322. The predicted molar refractivity (Wildman–Crippen MR) is 145 cm³/mol. The fourth-order valence-electron chi connectivity index (χ4n) is 3.58. The molecule has 12 heteroatoms. The maximum atomic E-state index is 13.5. The molecule has 0 fully saturated rings. The number of aromatic nitrogens is 1. The summed E-state index contributed by atoms with van der Waals surface area (Å²) >= 11 is 1.43. The second-order valence-corrected chi connectivity index (χ2v) is 11.7. The number of benzene rings is 2. The number of carbonyl (C=O) groups is 2. The molecule has 0 saturated carbocycles. The molecule has 2 aromatic carbocycles. The van der Waals surface area contributed by atoms with Crippen molar-refractivity contribution >= 4 is 33.6 Å². The summed E-state index contributed by atoms with van der Waals surface area (Å²) in [6, 6.07) is 14.3. The maximum absolute atomic E-state index is 13.5. The summed E-state index contributed by atoms with van der Waals surface area (Å²) in [4.78, 5) is 30.3. The van der Waals surface area contributed by atoms with E-state index in [1.807, 2.05) is 35.7 Å². The van der Waals surface area contributed by atoms with Crippen molar-refractivity contribution < 1.29 is 26.9 Å². The van der Waals surface area contributed by atoms with Crippen LogP contribution in [0.5, 0.6) is 5.75 Å². The molecule has 3 aromatic rings. The molecule has 3 rings (SSSR count). The summed E-state index contributed by atoms with van der Waals surface area (Å²) in [5.41, 5.74) is 2.38. The maximum Gasteiger partial charge on any atom is 0.407 e. The highest BCUT2D eigenvalue weighted by atomic mass is 32.2. The van der Waals surface area contributed by atoms with Gasteiger partial charge in [0.25, 0.3) is 0 Å². The average Bonchev–Trinajstić information content (AvgIpc) is 3.35. The van der Waals surface area contributed by atoms with Crippen molar-refractivity contribution in [2.75, 3.05) is 7.11 Å². The van der Waals surface area contributed by atoms with Crippen LogP contribution in [0.15, 0.2) is 60.0 Å². The highest BCUT2D eigenvalue weighted by molar-refractivity contribution is 7.84. The van der Waals surface area contributed by atoms with Crippen LogP contribution >= 0.6 is 11.3 Å². The van der Waals surface area contributed by atoms with Gasteiger partial charge in [-0.2, -0.15) is 13.6 Å². The minimum atomic E-state index is -4.14. The third-order valence-electron chi connectivity index (χ3n) is 5.56. The van der Waals surface area contributed by atoms with Crippen molar-refractivity contribution in [2.45, 2.75) is 51.1 Å². The third-order valence-corrected chi connectivity index (χ3v) is 6.94. The first kappa shape index (κ1) is 29.1. The Balaban J connectivity index is 1.87. The predicted octanol–water partition coefficient (Wildman–Crippen LogP) is 3.39. The van der Waals surface area contributed by atoms with E-state index in [0.29, 0.717) is 11.4 Å². The monoisotopic (exact) mass is 560 g/mol. The van der Waals surface area contributed by atoms with Crippen LogP contribution in [-0.4, -0.2) is 38.6 Å². The molecule has 0 aliphatic rings. The number of nitrogens with one attached hydrogen (secondary N) is 2. The van der Waals surface area contributed by atoms with E-state index in [0.717, 1.165) is 16.8 Å². The van der Waals surface area contributed by atoms with E-state index in [1.54, 1.807) is 12.1 Å². The lowest BCUT2D eigenvalue weighted by Gasteiger charge is -2.23. The molecule has 2 atom stereocenters. The van der Waals surface area contributed by atoms with Crippen LogP contribution in [0.2, 0.25) is 0 Å². The average molecular weight is 561 g/mol.